The Labute approximate surface area is 202 Å². The minimum absolute atomic E-state index is 0.0339. The average molecular weight is 495 g/mol. The van der Waals surface area contributed by atoms with E-state index in [0.29, 0.717) is 24.1 Å². The van der Waals surface area contributed by atoms with E-state index < -0.39 is 15.7 Å². The van der Waals surface area contributed by atoms with Gasteiger partial charge in [0.1, 0.15) is 11.2 Å². The molecule has 3 aromatic heterocycles. The number of hydrogen-bond acceptors (Lipinski definition) is 6. The molecule has 3 N–H and O–H groups in total. The molecule has 0 spiro atoms. The standard InChI is InChI=1S/C25H27FN6O2S/c1-25(2,26)12-31-35(33,34)24-18-7-17(32-22-11-27-10-21-23(22)30-13-29-21)6-15(18)5-16-9-28-20(8-19(16)24)14-3-4-14/h5,8-11,13-14,17,31-32H,3-4,6-7,12H2,1-2H3,(H,29,30). The molecule has 1 saturated carbocycles. The summed E-state index contributed by atoms with van der Waals surface area (Å²) in [5.74, 6) is 0.386. The zero-order chi connectivity index (χ0) is 24.4. The summed E-state index contributed by atoms with van der Waals surface area (Å²) in [6.07, 6.45) is 10.2. The van der Waals surface area contributed by atoms with Gasteiger partial charge < -0.3 is 10.3 Å². The second-order valence-electron chi connectivity index (χ2n) is 10.2. The number of imidazole rings is 1. The van der Waals surface area contributed by atoms with Gasteiger partial charge in [-0.3, -0.25) is 9.97 Å². The lowest BCUT2D eigenvalue weighted by molar-refractivity contribution is 0.221. The summed E-state index contributed by atoms with van der Waals surface area (Å²) in [6.45, 7) is 2.43. The maximum Gasteiger partial charge on any atom is 0.241 e. The van der Waals surface area contributed by atoms with Gasteiger partial charge >= 0.3 is 0 Å². The van der Waals surface area contributed by atoms with Crippen LogP contribution in [0.15, 0.2) is 41.9 Å². The van der Waals surface area contributed by atoms with Crippen LogP contribution in [0.25, 0.3) is 21.8 Å². The number of pyridine rings is 2. The van der Waals surface area contributed by atoms with Crippen molar-refractivity contribution in [1.82, 2.24) is 24.7 Å². The van der Waals surface area contributed by atoms with E-state index in [-0.39, 0.29) is 17.5 Å². The molecule has 10 heteroatoms. The summed E-state index contributed by atoms with van der Waals surface area (Å²) in [5.41, 5.74) is 3.40. The molecule has 0 radical (unpaired) electrons. The molecule has 1 fully saturated rings. The molecule has 0 amide bonds. The summed E-state index contributed by atoms with van der Waals surface area (Å²) in [4.78, 5) is 16.6. The number of fused-ring (bicyclic) bond motifs is 3. The van der Waals surface area contributed by atoms with Crippen LogP contribution in [0.1, 0.15) is 49.4 Å². The van der Waals surface area contributed by atoms with E-state index >= 15 is 0 Å². The van der Waals surface area contributed by atoms with Crippen molar-refractivity contribution in [1.29, 1.82) is 0 Å². The lowest BCUT2D eigenvalue weighted by Crippen LogP contribution is -2.36. The first kappa shape index (κ1) is 22.4. The molecule has 0 saturated heterocycles. The zero-order valence-electron chi connectivity index (χ0n) is 19.6. The van der Waals surface area contributed by atoms with Crippen molar-refractivity contribution in [3.8, 4) is 0 Å². The number of nitrogens with zero attached hydrogens (tertiary/aromatic N) is 3. The second kappa shape index (κ2) is 7.96. The van der Waals surface area contributed by atoms with Crippen LogP contribution in [0.5, 0.6) is 0 Å². The van der Waals surface area contributed by atoms with Crippen LogP contribution in [0.2, 0.25) is 0 Å². The summed E-state index contributed by atoms with van der Waals surface area (Å²) in [5, 5.41) is 4.95. The van der Waals surface area contributed by atoms with Crippen molar-refractivity contribution in [2.75, 3.05) is 11.9 Å². The normalized spacial score (nSPS) is 18.3. The van der Waals surface area contributed by atoms with Crippen molar-refractivity contribution in [2.45, 2.75) is 62.1 Å². The highest BCUT2D eigenvalue weighted by Gasteiger charge is 2.33. The highest BCUT2D eigenvalue weighted by Crippen LogP contribution is 2.42. The number of aromatic nitrogens is 4. The number of H-pyrrole nitrogens is 1. The zero-order valence-corrected chi connectivity index (χ0v) is 20.4. The van der Waals surface area contributed by atoms with E-state index in [2.05, 4.69) is 30.0 Å². The van der Waals surface area contributed by atoms with Gasteiger partial charge in [-0.25, -0.2) is 22.5 Å². The number of rotatable bonds is 7. The number of hydrogen-bond donors (Lipinski definition) is 3. The molecule has 1 unspecified atom stereocenters. The molecule has 6 rings (SSSR count). The minimum atomic E-state index is -3.96. The monoisotopic (exact) mass is 494 g/mol. The Hall–Kier alpha value is -3.11. The SMILES string of the molecule is CC(C)(F)CNS(=O)(=O)c1c2c(cc3cnc(C4CC4)cc13)CC(Nc1cncc3[nH]cnc13)C2. The van der Waals surface area contributed by atoms with Crippen molar-refractivity contribution < 1.29 is 12.8 Å². The highest BCUT2D eigenvalue weighted by molar-refractivity contribution is 7.89. The number of alkyl halides is 1. The van der Waals surface area contributed by atoms with Crippen molar-refractivity contribution in [3.63, 3.8) is 0 Å². The van der Waals surface area contributed by atoms with Gasteiger partial charge in [-0.1, -0.05) is 0 Å². The third kappa shape index (κ3) is 4.25. The number of sulfonamides is 1. The van der Waals surface area contributed by atoms with Crippen LogP contribution in [0, 0.1) is 0 Å². The van der Waals surface area contributed by atoms with Gasteiger partial charge in [0.15, 0.2) is 0 Å². The fourth-order valence-electron chi connectivity index (χ4n) is 4.91. The molecule has 0 bridgehead atoms. The molecule has 8 nitrogen and oxygen atoms in total. The number of aromatic amines is 1. The molecule has 1 atom stereocenters. The first-order valence-corrected chi connectivity index (χ1v) is 13.3. The molecule has 35 heavy (non-hydrogen) atoms. The topological polar surface area (TPSA) is 113 Å². The van der Waals surface area contributed by atoms with Gasteiger partial charge in [0, 0.05) is 41.2 Å². The van der Waals surface area contributed by atoms with Gasteiger partial charge in [0.25, 0.3) is 0 Å². The minimum Gasteiger partial charge on any atom is -0.379 e. The van der Waals surface area contributed by atoms with Gasteiger partial charge in [-0.05, 0) is 62.8 Å². The largest absolute Gasteiger partial charge is 0.379 e. The van der Waals surface area contributed by atoms with Gasteiger partial charge in [-0.2, -0.15) is 0 Å². The van der Waals surface area contributed by atoms with E-state index in [4.69, 9.17) is 0 Å². The summed E-state index contributed by atoms with van der Waals surface area (Å²) in [7, 11) is -3.96. The maximum absolute atomic E-state index is 14.2. The van der Waals surface area contributed by atoms with Crippen LogP contribution < -0.4 is 10.0 Å². The molecule has 4 aromatic rings. The van der Waals surface area contributed by atoms with Gasteiger partial charge in [-0.15, -0.1) is 0 Å². The quantitative estimate of drug-likeness (QED) is 0.358. The number of anilines is 1. The first-order chi connectivity index (χ1) is 16.7. The van der Waals surface area contributed by atoms with E-state index in [0.717, 1.165) is 51.8 Å². The van der Waals surface area contributed by atoms with Crippen LogP contribution in [0.4, 0.5) is 10.1 Å². The molecule has 3 heterocycles. The van der Waals surface area contributed by atoms with Crippen molar-refractivity contribution in [2.24, 2.45) is 0 Å². The Morgan fingerprint density at radius 3 is 2.74 bits per heavy atom. The summed E-state index contributed by atoms with van der Waals surface area (Å²) < 4.78 is 44.0. The predicted molar refractivity (Wildman–Crippen MR) is 133 cm³/mol. The van der Waals surface area contributed by atoms with E-state index in [1.807, 2.05) is 12.1 Å². The second-order valence-corrected chi connectivity index (χ2v) is 11.9. The lowest BCUT2D eigenvalue weighted by Gasteiger charge is -2.18. The molecular formula is C25H27FN6O2S. The molecular weight excluding hydrogens is 467 g/mol. The molecule has 1 aromatic carbocycles. The van der Waals surface area contributed by atoms with E-state index in [9.17, 15) is 12.8 Å². The first-order valence-electron chi connectivity index (χ1n) is 11.8. The lowest BCUT2D eigenvalue weighted by atomic mass is 10.0. The number of halogens is 1. The molecule has 2 aliphatic rings. The third-order valence-corrected chi connectivity index (χ3v) is 8.27. The summed E-state index contributed by atoms with van der Waals surface area (Å²) >= 11 is 0. The van der Waals surface area contributed by atoms with Crippen LogP contribution in [0.3, 0.4) is 0 Å². The van der Waals surface area contributed by atoms with E-state index in [1.165, 1.54) is 13.8 Å². The van der Waals surface area contributed by atoms with E-state index in [1.54, 1.807) is 24.9 Å². The van der Waals surface area contributed by atoms with Crippen molar-refractivity contribution in [3.05, 3.63) is 53.9 Å². The van der Waals surface area contributed by atoms with Crippen LogP contribution in [-0.4, -0.2) is 46.6 Å². The van der Waals surface area contributed by atoms with Gasteiger partial charge in [0.2, 0.25) is 10.0 Å². The Morgan fingerprint density at radius 2 is 1.97 bits per heavy atom. The number of benzene rings is 1. The van der Waals surface area contributed by atoms with Crippen molar-refractivity contribution >= 4 is 37.5 Å². The molecule has 182 valence electrons. The number of nitrogens with one attached hydrogen (secondary N) is 3. The Balaban J connectivity index is 1.42. The fraction of sp³-hybridized carbons (Fsp3) is 0.400. The average Bonchev–Trinajstić information content (AvgIpc) is 3.40. The van der Waals surface area contributed by atoms with Gasteiger partial charge in [0.05, 0.1) is 34.8 Å². The predicted octanol–water partition coefficient (Wildman–Crippen LogP) is 3.99. The smallest absolute Gasteiger partial charge is 0.241 e. The Kier molecular flexibility index (Phi) is 5.08. The third-order valence-electron chi connectivity index (χ3n) is 6.75. The van der Waals surface area contributed by atoms with Crippen LogP contribution in [-0.2, 0) is 22.9 Å². The Bertz CT molecular complexity index is 1560. The Morgan fingerprint density at radius 1 is 1.14 bits per heavy atom. The summed E-state index contributed by atoms with van der Waals surface area (Å²) in [6, 6.07) is 3.92. The fourth-order valence-corrected chi connectivity index (χ4v) is 6.59. The maximum atomic E-state index is 14.2. The van der Waals surface area contributed by atoms with Crippen LogP contribution >= 0.6 is 0 Å². The molecule has 2 aliphatic carbocycles. The highest BCUT2D eigenvalue weighted by atomic mass is 32.2. The molecule has 0 aliphatic heterocycles.